The van der Waals surface area contributed by atoms with Crippen molar-refractivity contribution < 1.29 is 4.79 Å². The molecule has 1 aromatic rings. The molecule has 90 valence electrons. The molecular formula is C15H19NO. The number of benzene rings is 1. The van der Waals surface area contributed by atoms with Gasteiger partial charge in [-0.1, -0.05) is 37.3 Å². The minimum Gasteiger partial charge on any atom is -0.386 e. The lowest BCUT2D eigenvalue weighted by atomic mass is 9.86. The van der Waals surface area contributed by atoms with Crippen molar-refractivity contribution in [2.45, 2.75) is 32.7 Å². The first-order valence-electron chi connectivity index (χ1n) is 6.28. The van der Waals surface area contributed by atoms with Crippen LogP contribution in [0.4, 0.5) is 0 Å². The largest absolute Gasteiger partial charge is 0.386 e. The van der Waals surface area contributed by atoms with E-state index in [-0.39, 0.29) is 5.92 Å². The van der Waals surface area contributed by atoms with Gasteiger partial charge in [-0.15, -0.1) is 0 Å². The van der Waals surface area contributed by atoms with Crippen molar-refractivity contribution in [2.75, 3.05) is 0 Å². The van der Waals surface area contributed by atoms with Crippen LogP contribution < -0.4 is 5.32 Å². The maximum Gasteiger partial charge on any atom is 0.163 e. The maximum atomic E-state index is 11.9. The molecule has 2 nitrogen and oxygen atoms in total. The average Bonchev–Trinajstić information content (AvgIpc) is 2.36. The van der Waals surface area contributed by atoms with Gasteiger partial charge in [0.1, 0.15) is 0 Å². The molecular weight excluding hydrogens is 210 g/mol. The molecule has 1 N–H and O–H groups in total. The van der Waals surface area contributed by atoms with Crippen LogP contribution in [0.5, 0.6) is 0 Å². The smallest absolute Gasteiger partial charge is 0.163 e. The Hall–Kier alpha value is -1.57. The minimum absolute atomic E-state index is 0.202. The van der Waals surface area contributed by atoms with Crippen LogP contribution in [-0.4, -0.2) is 5.78 Å². The third kappa shape index (κ3) is 3.19. The third-order valence-corrected chi connectivity index (χ3v) is 3.27. The summed E-state index contributed by atoms with van der Waals surface area (Å²) in [6.07, 6.45) is 5.00. The van der Waals surface area contributed by atoms with Gasteiger partial charge in [0, 0.05) is 24.2 Å². The maximum absolute atomic E-state index is 11.9. The number of rotatable bonds is 3. The highest BCUT2D eigenvalue weighted by atomic mass is 16.1. The molecule has 1 saturated carbocycles. The first-order chi connectivity index (χ1) is 8.27. The van der Waals surface area contributed by atoms with Crippen LogP contribution >= 0.6 is 0 Å². The second kappa shape index (κ2) is 5.67. The summed E-state index contributed by atoms with van der Waals surface area (Å²) in [5.74, 6) is 0.519. The van der Waals surface area contributed by atoms with Gasteiger partial charge >= 0.3 is 0 Å². The van der Waals surface area contributed by atoms with E-state index in [1.165, 1.54) is 5.56 Å². The molecule has 0 radical (unpaired) electrons. The Labute approximate surface area is 103 Å². The van der Waals surface area contributed by atoms with Crippen LogP contribution in [0.15, 0.2) is 42.1 Å². The Morgan fingerprint density at radius 2 is 2.12 bits per heavy atom. The molecule has 2 heteroatoms. The van der Waals surface area contributed by atoms with E-state index in [9.17, 15) is 4.79 Å². The standard InChI is InChI=1S/C15H19NO/c1-12-6-5-9-14(15(12)17)11-16-10-13-7-3-2-4-8-13/h2-4,7-8,11-12,16H,5-6,9-10H2,1H3/b14-11-/t12-/m0/s1. The fourth-order valence-electron chi connectivity index (χ4n) is 2.20. The van der Waals surface area contributed by atoms with Crippen molar-refractivity contribution in [1.29, 1.82) is 0 Å². The summed E-state index contributed by atoms with van der Waals surface area (Å²) in [4.78, 5) is 11.9. The molecule has 1 aromatic carbocycles. The van der Waals surface area contributed by atoms with Crippen LogP contribution in [-0.2, 0) is 11.3 Å². The van der Waals surface area contributed by atoms with Crippen molar-refractivity contribution in [3.8, 4) is 0 Å². The SMILES string of the molecule is C[C@H]1CCC/C(=C/NCc2ccccc2)C1=O. The van der Waals surface area contributed by atoms with Gasteiger partial charge in [-0.2, -0.15) is 0 Å². The molecule has 0 aromatic heterocycles. The number of allylic oxidation sites excluding steroid dienone is 1. The first-order valence-corrected chi connectivity index (χ1v) is 6.28. The van der Waals surface area contributed by atoms with Crippen LogP contribution in [0, 0.1) is 5.92 Å². The summed E-state index contributed by atoms with van der Waals surface area (Å²) < 4.78 is 0. The molecule has 1 fully saturated rings. The van der Waals surface area contributed by atoms with Gasteiger partial charge in [-0.3, -0.25) is 4.79 Å². The van der Waals surface area contributed by atoms with Crippen molar-refractivity contribution in [3.05, 3.63) is 47.7 Å². The molecule has 0 unspecified atom stereocenters. The van der Waals surface area contributed by atoms with Crippen LogP contribution in [0.25, 0.3) is 0 Å². The summed E-state index contributed by atoms with van der Waals surface area (Å²) in [5, 5.41) is 3.24. The van der Waals surface area contributed by atoms with Crippen molar-refractivity contribution in [1.82, 2.24) is 5.32 Å². The number of ketones is 1. The van der Waals surface area contributed by atoms with Gasteiger partial charge in [0.05, 0.1) is 0 Å². The quantitative estimate of drug-likeness (QED) is 0.807. The normalized spacial score (nSPS) is 22.8. The highest BCUT2D eigenvalue weighted by Crippen LogP contribution is 2.24. The van der Waals surface area contributed by atoms with E-state index in [1.807, 2.05) is 31.3 Å². The zero-order chi connectivity index (χ0) is 12.1. The lowest BCUT2D eigenvalue weighted by Gasteiger charge is -2.19. The topological polar surface area (TPSA) is 29.1 Å². The zero-order valence-electron chi connectivity index (χ0n) is 10.3. The van der Waals surface area contributed by atoms with E-state index in [0.29, 0.717) is 5.78 Å². The number of carbonyl (C=O) groups excluding carboxylic acids is 1. The fourth-order valence-corrected chi connectivity index (χ4v) is 2.20. The molecule has 1 aliphatic rings. The van der Waals surface area contributed by atoms with Crippen molar-refractivity contribution in [3.63, 3.8) is 0 Å². The Balaban J connectivity index is 1.90. The van der Waals surface area contributed by atoms with Crippen LogP contribution in [0.2, 0.25) is 0 Å². The second-order valence-electron chi connectivity index (χ2n) is 4.69. The van der Waals surface area contributed by atoms with E-state index in [1.54, 1.807) is 0 Å². The summed E-state index contributed by atoms with van der Waals surface area (Å²) in [6, 6.07) is 10.2. The Kier molecular flexibility index (Phi) is 3.97. The minimum atomic E-state index is 0.202. The number of hydrogen-bond donors (Lipinski definition) is 1. The van der Waals surface area contributed by atoms with E-state index in [4.69, 9.17) is 0 Å². The van der Waals surface area contributed by atoms with E-state index in [0.717, 1.165) is 31.4 Å². The molecule has 0 bridgehead atoms. The Morgan fingerprint density at radius 3 is 2.88 bits per heavy atom. The molecule has 0 heterocycles. The fraction of sp³-hybridized carbons (Fsp3) is 0.400. The predicted octanol–water partition coefficient (Wildman–Crippen LogP) is 3.05. The van der Waals surface area contributed by atoms with E-state index in [2.05, 4.69) is 17.4 Å². The molecule has 1 aliphatic carbocycles. The monoisotopic (exact) mass is 229 g/mol. The summed E-state index contributed by atoms with van der Waals surface area (Å²) in [6.45, 7) is 2.80. The van der Waals surface area contributed by atoms with Crippen molar-refractivity contribution in [2.24, 2.45) is 5.92 Å². The number of Topliss-reactive ketones (excluding diaryl/α,β-unsaturated/α-hetero) is 1. The summed E-state index contributed by atoms with van der Waals surface area (Å²) in [5.41, 5.74) is 2.19. The molecule has 2 rings (SSSR count). The molecule has 0 saturated heterocycles. The lowest BCUT2D eigenvalue weighted by molar-refractivity contribution is -0.119. The highest BCUT2D eigenvalue weighted by Gasteiger charge is 2.21. The van der Waals surface area contributed by atoms with Gasteiger partial charge in [-0.25, -0.2) is 0 Å². The highest BCUT2D eigenvalue weighted by molar-refractivity contribution is 5.97. The number of carbonyl (C=O) groups is 1. The van der Waals surface area contributed by atoms with Gasteiger partial charge in [-0.05, 0) is 24.8 Å². The van der Waals surface area contributed by atoms with Crippen LogP contribution in [0.1, 0.15) is 31.7 Å². The molecule has 0 spiro atoms. The zero-order valence-corrected chi connectivity index (χ0v) is 10.3. The van der Waals surface area contributed by atoms with E-state index >= 15 is 0 Å². The molecule has 0 aliphatic heterocycles. The van der Waals surface area contributed by atoms with Crippen LogP contribution in [0.3, 0.4) is 0 Å². The van der Waals surface area contributed by atoms with Gasteiger partial charge < -0.3 is 5.32 Å². The van der Waals surface area contributed by atoms with Gasteiger partial charge in [0.2, 0.25) is 0 Å². The Bertz CT molecular complexity index is 408. The first kappa shape index (κ1) is 11.9. The van der Waals surface area contributed by atoms with Gasteiger partial charge in [0.25, 0.3) is 0 Å². The van der Waals surface area contributed by atoms with Crippen molar-refractivity contribution >= 4 is 5.78 Å². The summed E-state index contributed by atoms with van der Waals surface area (Å²) >= 11 is 0. The summed E-state index contributed by atoms with van der Waals surface area (Å²) in [7, 11) is 0. The van der Waals surface area contributed by atoms with Gasteiger partial charge in [0.15, 0.2) is 5.78 Å². The predicted molar refractivity (Wildman–Crippen MR) is 69.4 cm³/mol. The lowest BCUT2D eigenvalue weighted by Crippen LogP contribution is -2.20. The van der Waals surface area contributed by atoms with E-state index < -0.39 is 0 Å². The molecule has 1 atom stereocenters. The number of nitrogens with one attached hydrogen (secondary N) is 1. The molecule has 0 amide bonds. The number of hydrogen-bond acceptors (Lipinski definition) is 2. The Morgan fingerprint density at radius 1 is 1.35 bits per heavy atom. The molecule has 17 heavy (non-hydrogen) atoms. The second-order valence-corrected chi connectivity index (χ2v) is 4.69. The average molecular weight is 229 g/mol. The third-order valence-electron chi connectivity index (χ3n) is 3.27.